The molecule has 1 aromatic carbocycles. The normalized spacial score (nSPS) is 16.1. The van der Waals surface area contributed by atoms with Crippen molar-refractivity contribution in [3.63, 3.8) is 0 Å². The maximum Gasteiger partial charge on any atom is 0.356 e. The monoisotopic (exact) mass is 297 g/mol. The van der Waals surface area contributed by atoms with Crippen LogP contribution in [0.3, 0.4) is 0 Å². The summed E-state index contributed by atoms with van der Waals surface area (Å²) in [7, 11) is 1.74. The second-order valence-corrected chi connectivity index (χ2v) is 5.26. The van der Waals surface area contributed by atoms with Crippen molar-refractivity contribution in [2.45, 2.75) is 18.9 Å². The summed E-state index contributed by atoms with van der Waals surface area (Å²) in [4.78, 5) is 32.6. The number of aromatic carboxylic acids is 1. The molecule has 1 amide bonds. The molecule has 0 saturated carbocycles. The number of carboxylic acid groups (broad SMARTS) is 1. The summed E-state index contributed by atoms with van der Waals surface area (Å²) in [6.45, 7) is 0. The van der Waals surface area contributed by atoms with E-state index in [0.29, 0.717) is 0 Å². The Labute approximate surface area is 127 Å². The molecule has 2 aromatic rings. The lowest BCUT2D eigenvalue weighted by molar-refractivity contribution is 0.0683. The number of carbonyl (C=O) groups is 2. The minimum Gasteiger partial charge on any atom is -0.476 e. The predicted octanol–water partition coefficient (Wildman–Crippen LogP) is 1.93. The lowest BCUT2D eigenvalue weighted by atomic mass is 10.1. The lowest BCUT2D eigenvalue weighted by Crippen LogP contribution is -2.31. The number of hydrogen-bond donors (Lipinski definition) is 1. The van der Waals surface area contributed by atoms with Crippen molar-refractivity contribution >= 4 is 11.9 Å². The van der Waals surface area contributed by atoms with Crippen LogP contribution in [-0.2, 0) is 6.42 Å². The van der Waals surface area contributed by atoms with Crippen LogP contribution in [0.5, 0.6) is 0 Å². The molecule has 1 unspecified atom stereocenters. The highest BCUT2D eigenvalue weighted by atomic mass is 16.4. The van der Waals surface area contributed by atoms with Gasteiger partial charge in [-0.1, -0.05) is 24.3 Å². The van der Waals surface area contributed by atoms with Gasteiger partial charge in [-0.3, -0.25) is 4.79 Å². The lowest BCUT2D eigenvalue weighted by Gasteiger charge is -2.25. The van der Waals surface area contributed by atoms with E-state index < -0.39 is 5.97 Å². The van der Waals surface area contributed by atoms with Crippen molar-refractivity contribution in [3.8, 4) is 0 Å². The van der Waals surface area contributed by atoms with Gasteiger partial charge in [0.1, 0.15) is 5.69 Å². The van der Waals surface area contributed by atoms with Crippen molar-refractivity contribution < 1.29 is 14.7 Å². The van der Waals surface area contributed by atoms with Crippen molar-refractivity contribution in [3.05, 3.63) is 59.2 Å². The van der Waals surface area contributed by atoms with Gasteiger partial charge in [0.05, 0.1) is 18.4 Å². The standard InChI is InChI=1S/C16H15N3O3/c1-19(14-7-6-10-4-2-3-5-11(10)14)15(20)12-8-18-13(9-17-12)16(21)22/h2-5,8-9,14H,6-7H2,1H3,(H,21,22). The zero-order valence-electron chi connectivity index (χ0n) is 12.1. The summed E-state index contributed by atoms with van der Waals surface area (Å²) < 4.78 is 0. The topological polar surface area (TPSA) is 83.4 Å². The number of carbonyl (C=O) groups excluding carboxylic acids is 1. The van der Waals surface area contributed by atoms with Gasteiger partial charge in [-0.15, -0.1) is 0 Å². The molecule has 0 radical (unpaired) electrons. The van der Waals surface area contributed by atoms with Crippen LogP contribution in [-0.4, -0.2) is 38.9 Å². The first kappa shape index (κ1) is 14.2. The minimum absolute atomic E-state index is 0.0182. The zero-order chi connectivity index (χ0) is 15.7. The van der Waals surface area contributed by atoms with E-state index in [1.54, 1.807) is 11.9 Å². The molecule has 6 heteroatoms. The largest absolute Gasteiger partial charge is 0.476 e. The number of aryl methyl sites for hydroxylation is 1. The summed E-state index contributed by atoms with van der Waals surface area (Å²) in [6, 6.07) is 8.10. The first-order valence-corrected chi connectivity index (χ1v) is 6.98. The fourth-order valence-corrected chi connectivity index (χ4v) is 2.81. The Morgan fingerprint density at radius 2 is 1.86 bits per heavy atom. The summed E-state index contributed by atoms with van der Waals surface area (Å²) in [5.41, 5.74) is 2.40. The molecule has 0 fully saturated rings. The molecule has 112 valence electrons. The van der Waals surface area contributed by atoms with Gasteiger partial charge in [0, 0.05) is 7.05 Å². The van der Waals surface area contributed by atoms with E-state index in [-0.39, 0.29) is 23.3 Å². The van der Waals surface area contributed by atoms with E-state index in [0.717, 1.165) is 24.6 Å². The molecule has 0 aliphatic heterocycles. The van der Waals surface area contributed by atoms with Crippen molar-refractivity contribution in [1.82, 2.24) is 14.9 Å². The number of nitrogens with zero attached hydrogens (tertiary/aromatic N) is 3. The SMILES string of the molecule is CN(C(=O)c1cnc(C(=O)O)cn1)C1CCc2ccccc21. The third kappa shape index (κ3) is 2.43. The second kappa shape index (κ2) is 5.55. The quantitative estimate of drug-likeness (QED) is 0.936. The van der Waals surface area contributed by atoms with Crippen LogP contribution in [0.2, 0.25) is 0 Å². The molecule has 1 atom stereocenters. The smallest absolute Gasteiger partial charge is 0.356 e. The summed E-state index contributed by atoms with van der Waals surface area (Å²) in [6.07, 6.45) is 4.14. The van der Waals surface area contributed by atoms with Gasteiger partial charge in [-0.05, 0) is 24.0 Å². The highest BCUT2D eigenvalue weighted by Gasteiger charge is 2.29. The summed E-state index contributed by atoms with van der Waals surface area (Å²) in [5, 5.41) is 8.81. The molecule has 3 rings (SSSR count). The highest BCUT2D eigenvalue weighted by Crippen LogP contribution is 2.35. The molecule has 1 N–H and O–H groups in total. The maximum atomic E-state index is 12.5. The Morgan fingerprint density at radius 1 is 1.18 bits per heavy atom. The first-order valence-electron chi connectivity index (χ1n) is 6.98. The fraction of sp³-hybridized carbons (Fsp3) is 0.250. The summed E-state index contributed by atoms with van der Waals surface area (Å²) in [5.74, 6) is -1.42. The van der Waals surface area contributed by atoms with Crippen LogP contribution in [0, 0.1) is 0 Å². The van der Waals surface area contributed by atoms with E-state index in [1.165, 1.54) is 11.8 Å². The Kier molecular flexibility index (Phi) is 3.58. The van der Waals surface area contributed by atoms with E-state index in [9.17, 15) is 9.59 Å². The number of benzene rings is 1. The molecule has 1 aliphatic rings. The maximum absolute atomic E-state index is 12.5. The van der Waals surface area contributed by atoms with Crippen molar-refractivity contribution in [2.75, 3.05) is 7.05 Å². The summed E-state index contributed by atoms with van der Waals surface area (Å²) >= 11 is 0. The Balaban J connectivity index is 1.82. The number of fused-ring (bicyclic) bond motifs is 1. The Bertz CT molecular complexity index is 728. The van der Waals surface area contributed by atoms with Crippen LogP contribution >= 0.6 is 0 Å². The molecule has 1 heterocycles. The Hall–Kier alpha value is -2.76. The minimum atomic E-state index is -1.16. The van der Waals surface area contributed by atoms with Crippen LogP contribution in [0.25, 0.3) is 0 Å². The molecule has 22 heavy (non-hydrogen) atoms. The van der Waals surface area contributed by atoms with Crippen LogP contribution in [0.4, 0.5) is 0 Å². The van der Waals surface area contributed by atoms with Gasteiger partial charge >= 0.3 is 5.97 Å². The van der Waals surface area contributed by atoms with Gasteiger partial charge in [-0.25, -0.2) is 14.8 Å². The average molecular weight is 297 g/mol. The zero-order valence-corrected chi connectivity index (χ0v) is 12.1. The molecule has 1 aromatic heterocycles. The van der Waals surface area contributed by atoms with Crippen molar-refractivity contribution in [1.29, 1.82) is 0 Å². The Morgan fingerprint density at radius 3 is 2.55 bits per heavy atom. The van der Waals surface area contributed by atoms with Gasteiger partial charge in [0.25, 0.3) is 5.91 Å². The van der Waals surface area contributed by atoms with E-state index in [1.807, 2.05) is 18.2 Å². The molecule has 0 spiro atoms. The van der Waals surface area contributed by atoms with E-state index in [4.69, 9.17) is 5.11 Å². The van der Waals surface area contributed by atoms with Gasteiger partial charge in [0.15, 0.2) is 5.69 Å². The van der Waals surface area contributed by atoms with E-state index >= 15 is 0 Å². The van der Waals surface area contributed by atoms with Crippen LogP contribution in [0.1, 0.15) is 44.6 Å². The average Bonchev–Trinajstić information content (AvgIpc) is 2.97. The van der Waals surface area contributed by atoms with Crippen LogP contribution in [0.15, 0.2) is 36.7 Å². The fourth-order valence-electron chi connectivity index (χ4n) is 2.81. The van der Waals surface area contributed by atoms with Gasteiger partial charge < -0.3 is 10.0 Å². The van der Waals surface area contributed by atoms with E-state index in [2.05, 4.69) is 16.0 Å². The number of hydrogen-bond acceptors (Lipinski definition) is 4. The highest BCUT2D eigenvalue weighted by molar-refractivity contribution is 5.93. The first-order chi connectivity index (χ1) is 10.6. The number of rotatable bonds is 3. The third-order valence-corrected chi connectivity index (χ3v) is 3.98. The second-order valence-electron chi connectivity index (χ2n) is 5.26. The number of amides is 1. The molecule has 6 nitrogen and oxygen atoms in total. The number of carboxylic acids is 1. The number of aromatic nitrogens is 2. The molecule has 0 bridgehead atoms. The van der Waals surface area contributed by atoms with Gasteiger partial charge in [-0.2, -0.15) is 0 Å². The van der Waals surface area contributed by atoms with Crippen LogP contribution < -0.4 is 0 Å². The van der Waals surface area contributed by atoms with Gasteiger partial charge in [0.2, 0.25) is 0 Å². The molecule has 0 saturated heterocycles. The van der Waals surface area contributed by atoms with Crippen molar-refractivity contribution in [2.24, 2.45) is 0 Å². The predicted molar refractivity (Wildman–Crippen MR) is 78.6 cm³/mol. The third-order valence-electron chi connectivity index (χ3n) is 3.98. The molecular weight excluding hydrogens is 282 g/mol. The molecular formula is C16H15N3O3. The molecule has 1 aliphatic carbocycles.